The van der Waals surface area contributed by atoms with Gasteiger partial charge >= 0.3 is 0 Å². The van der Waals surface area contributed by atoms with Crippen molar-refractivity contribution in [2.75, 3.05) is 13.2 Å². The topological polar surface area (TPSA) is 95.8 Å². The van der Waals surface area contributed by atoms with Crippen LogP contribution in [-0.2, 0) is 0 Å². The Bertz CT molecular complexity index is 4250. The Hall–Kier alpha value is -9.84. The summed E-state index contributed by atoms with van der Waals surface area (Å²) in [6.45, 7) is 5.82. The first kappa shape index (κ1) is 81.2. The van der Waals surface area contributed by atoms with E-state index in [1.807, 2.05) is 72.8 Å². The molecule has 0 amide bonds. The van der Waals surface area contributed by atoms with E-state index in [9.17, 15) is 0 Å². The lowest BCUT2D eigenvalue weighted by Crippen LogP contribution is -2.03. The lowest BCUT2D eigenvalue weighted by molar-refractivity contribution is 0.295. The molecule has 0 aliphatic carbocycles. The van der Waals surface area contributed by atoms with Crippen LogP contribution in [0.25, 0.3) is 92.1 Å². The molecule has 8 nitrogen and oxygen atoms in total. The second-order valence-corrected chi connectivity index (χ2v) is 31.3. The van der Waals surface area contributed by atoms with Gasteiger partial charge in [0.25, 0.3) is 0 Å². The second kappa shape index (κ2) is 47.3. The fraction of sp³-hybridized carbons (Fsp3) is 0.360. The first-order valence-electron chi connectivity index (χ1n) is 41.4. The van der Waals surface area contributed by atoms with E-state index in [4.69, 9.17) is 19.4 Å². The van der Waals surface area contributed by atoms with E-state index in [-0.39, 0.29) is 0 Å². The Morgan fingerprint density at radius 1 is 0.273 bits per heavy atom. The monoisotopic (exact) mass is 1490 g/mol. The van der Waals surface area contributed by atoms with Gasteiger partial charge in [0.1, 0.15) is 11.5 Å². The van der Waals surface area contributed by atoms with Crippen molar-refractivity contribution >= 4 is 47.0 Å². The van der Waals surface area contributed by atoms with Crippen LogP contribution in [0, 0.1) is 23.7 Å². The van der Waals surface area contributed by atoms with Crippen molar-refractivity contribution in [3.63, 3.8) is 0 Å². The number of benzene rings is 3. The summed E-state index contributed by atoms with van der Waals surface area (Å²) in [4.78, 5) is 32.6. The van der Waals surface area contributed by atoms with Gasteiger partial charge in [0.2, 0.25) is 0 Å². The second-order valence-electron chi connectivity index (χ2n) is 29.1. The van der Waals surface area contributed by atoms with Crippen molar-refractivity contribution in [2.45, 2.75) is 219 Å². The van der Waals surface area contributed by atoms with Crippen LogP contribution >= 0.6 is 22.7 Å². The Labute approximate surface area is 666 Å². The number of rotatable bonds is 46. The Kier molecular flexibility index (Phi) is 34.9. The molecule has 11 aromatic rings. The van der Waals surface area contributed by atoms with Gasteiger partial charge in [-0.1, -0.05) is 315 Å². The summed E-state index contributed by atoms with van der Waals surface area (Å²) in [5, 5.41) is 0. The van der Waals surface area contributed by atoms with Gasteiger partial charge in [0.15, 0.2) is 0 Å². The molecule has 0 spiro atoms. The molecule has 0 saturated carbocycles. The van der Waals surface area contributed by atoms with Crippen molar-refractivity contribution in [3.05, 3.63) is 249 Å². The molecule has 566 valence electrons. The molecule has 0 bridgehead atoms. The maximum Gasteiger partial charge on any atom is 0.136 e. The molecule has 11 rings (SSSR count). The zero-order valence-corrected chi connectivity index (χ0v) is 66.9. The number of nitrogens with zero attached hydrogens (tertiary/aromatic N) is 6. The summed E-state index contributed by atoms with van der Waals surface area (Å²) in [7, 11) is 0. The summed E-state index contributed by atoms with van der Waals surface area (Å²) in [5.74, 6) is 15.8. The molecule has 0 aliphatic rings. The van der Waals surface area contributed by atoms with Crippen LogP contribution in [0.15, 0.2) is 207 Å². The third-order valence-corrected chi connectivity index (χ3v) is 22.1. The molecule has 0 aliphatic heterocycles. The van der Waals surface area contributed by atoms with Crippen LogP contribution in [0.3, 0.4) is 0 Å². The first-order chi connectivity index (χ1) is 54.5. The fourth-order valence-electron chi connectivity index (χ4n) is 13.8. The minimum atomic E-state index is 0.613. The minimum absolute atomic E-state index is 0.613. The molecule has 3 aromatic carbocycles. The number of pyridine rings is 6. The van der Waals surface area contributed by atoms with E-state index >= 15 is 0 Å². The maximum absolute atomic E-state index is 6.81. The predicted octanol–water partition coefficient (Wildman–Crippen LogP) is 28.6. The molecule has 8 aromatic heterocycles. The largest absolute Gasteiger partial charge is 0.492 e. The summed E-state index contributed by atoms with van der Waals surface area (Å²) >= 11 is 3.37. The van der Waals surface area contributed by atoms with E-state index in [1.165, 1.54) is 180 Å². The van der Waals surface area contributed by atoms with Crippen LogP contribution in [0.1, 0.15) is 261 Å². The van der Waals surface area contributed by atoms with Crippen molar-refractivity contribution < 1.29 is 9.47 Å². The highest BCUT2D eigenvalue weighted by Gasteiger charge is 2.16. The lowest BCUT2D eigenvalue weighted by Gasteiger charge is -2.14. The highest BCUT2D eigenvalue weighted by atomic mass is 32.1. The Balaban J connectivity index is 0.778. The van der Waals surface area contributed by atoms with Crippen molar-refractivity contribution in [2.24, 2.45) is 0 Å². The smallest absolute Gasteiger partial charge is 0.136 e. The average Bonchev–Trinajstić information content (AvgIpc) is 1.16. The predicted molar refractivity (Wildman–Crippen MR) is 467 cm³/mol. The molecular formula is C100H112N6O2S2. The van der Waals surface area contributed by atoms with Gasteiger partial charge in [-0.3, -0.25) is 19.9 Å². The maximum atomic E-state index is 6.81. The molecule has 110 heavy (non-hydrogen) atoms. The highest BCUT2D eigenvalue weighted by Crippen LogP contribution is 2.34. The third kappa shape index (κ3) is 27.9. The molecule has 0 radical (unpaired) electrons. The van der Waals surface area contributed by atoms with Gasteiger partial charge in [-0.2, -0.15) is 0 Å². The number of aromatic nitrogens is 6. The normalized spacial score (nSPS) is 11.3. The van der Waals surface area contributed by atoms with Crippen LogP contribution < -0.4 is 9.47 Å². The summed E-state index contributed by atoms with van der Waals surface area (Å²) in [5.41, 5.74) is 14.6. The van der Waals surface area contributed by atoms with Gasteiger partial charge in [-0.25, -0.2) is 9.97 Å². The van der Waals surface area contributed by atoms with E-state index in [2.05, 4.69) is 191 Å². The fourth-order valence-corrected chi connectivity index (χ4v) is 15.4. The van der Waals surface area contributed by atoms with Gasteiger partial charge in [0.05, 0.1) is 79.6 Å². The number of ether oxygens (including phenoxy) is 2. The van der Waals surface area contributed by atoms with Crippen LogP contribution in [0.4, 0.5) is 0 Å². The van der Waals surface area contributed by atoms with Crippen LogP contribution in [0.2, 0.25) is 0 Å². The van der Waals surface area contributed by atoms with E-state index in [0.29, 0.717) is 13.2 Å². The van der Waals surface area contributed by atoms with Crippen LogP contribution in [-0.4, -0.2) is 43.1 Å². The third-order valence-electron chi connectivity index (χ3n) is 20.2. The Morgan fingerprint density at radius 2 is 0.564 bits per heavy atom. The van der Waals surface area contributed by atoms with Crippen molar-refractivity contribution in [1.29, 1.82) is 0 Å². The lowest BCUT2D eigenvalue weighted by atomic mass is 10.0. The SMILES string of the molecule is CCCCCCCCCCCCCCCCCCOc1cc(C#Cc2ccc(/C=C/c3ccc(-c4cc(-c5ccccn5)nc(-c5ccccn5)c4)cc3)s2)c(OCCCCCCCCCCCCCCCCCC)cc1C#Cc1ccc(/C=C/c2ccc(-c3cc(-c4ccccn4)nc(-c4ccccn4)c3)cc2)s1. The van der Waals surface area contributed by atoms with E-state index in [1.54, 1.807) is 47.5 Å². The van der Waals surface area contributed by atoms with E-state index in [0.717, 1.165) is 147 Å². The van der Waals surface area contributed by atoms with E-state index < -0.39 is 0 Å². The number of unbranched alkanes of at least 4 members (excludes halogenated alkanes) is 30. The summed E-state index contributed by atoms with van der Waals surface area (Å²) < 4.78 is 13.6. The zero-order chi connectivity index (χ0) is 75.5. The number of hydrogen-bond donors (Lipinski definition) is 0. The summed E-state index contributed by atoms with van der Waals surface area (Å²) in [6, 6.07) is 62.2. The number of thiophene rings is 2. The quantitative estimate of drug-likeness (QED) is 0.0275. The van der Waals surface area contributed by atoms with Gasteiger partial charge in [-0.05, 0) is 155 Å². The summed E-state index contributed by atoms with van der Waals surface area (Å²) in [6.07, 6.45) is 58.3. The van der Waals surface area contributed by atoms with Gasteiger partial charge < -0.3 is 9.47 Å². The molecule has 0 atom stereocenters. The average molecular weight is 1490 g/mol. The zero-order valence-electron chi connectivity index (χ0n) is 65.3. The van der Waals surface area contributed by atoms with Crippen molar-refractivity contribution in [3.8, 4) is 103 Å². The first-order valence-corrected chi connectivity index (χ1v) is 43.1. The molecular weight excluding hydrogens is 1380 g/mol. The molecule has 8 heterocycles. The minimum Gasteiger partial charge on any atom is -0.492 e. The Morgan fingerprint density at radius 3 is 0.845 bits per heavy atom. The van der Waals surface area contributed by atoms with Crippen molar-refractivity contribution in [1.82, 2.24) is 29.9 Å². The molecule has 0 unspecified atom stereocenters. The molecule has 0 saturated heterocycles. The molecule has 0 fully saturated rings. The molecule has 0 N–H and O–H groups in total. The van der Waals surface area contributed by atoms with Crippen LogP contribution in [0.5, 0.6) is 11.5 Å². The standard InChI is InChI=1S/C100H112N6O2S2/c1-3-5-7-9-11-13-15-17-19-21-23-25-27-29-31-41-71-107-99-77-84(58-62-90-66-64-88(110-90)60-52-80-49-55-82(56-50-80)86-75-97(93-45-35-39-69-103-93)106-98(76-86)94-46-36-40-70-104-94)100(108-72-42-32-30-28-26-24-22-20-18-16-14-12-10-8-6-4-2)78-83(99)57-61-89-65-63-87(109-89)59-51-79-47-53-81(54-48-79)85-73-95(91-43-33-37-67-101-91)105-96(74-85)92-44-34-38-68-102-92/h33-40,43-56,59-60,63-70,73-78H,3-32,41-42,71-72H2,1-2H3/b59-51+,60-52+. The number of hydrogen-bond acceptors (Lipinski definition) is 10. The van der Waals surface area contributed by atoms with Gasteiger partial charge in [0, 0.05) is 46.7 Å². The van der Waals surface area contributed by atoms with Gasteiger partial charge in [-0.15, -0.1) is 22.7 Å². The highest BCUT2D eigenvalue weighted by molar-refractivity contribution is 7.13. The molecule has 10 heteroatoms.